The number of halogens is 3. The lowest BCUT2D eigenvalue weighted by Gasteiger charge is -2.02. The first-order chi connectivity index (χ1) is 7.59. The third kappa shape index (κ3) is 1.83. The summed E-state index contributed by atoms with van der Waals surface area (Å²) in [5.74, 6) is -4.01. The summed E-state index contributed by atoms with van der Waals surface area (Å²) in [7, 11) is 0. The number of aromatic nitrogens is 2. The fourth-order valence-corrected chi connectivity index (χ4v) is 1.48. The van der Waals surface area contributed by atoms with Crippen LogP contribution in [0.25, 0.3) is 11.1 Å². The Morgan fingerprint density at radius 2 is 1.75 bits per heavy atom. The van der Waals surface area contributed by atoms with Crippen LogP contribution in [0.3, 0.4) is 0 Å². The zero-order chi connectivity index (χ0) is 11.7. The summed E-state index contributed by atoms with van der Waals surface area (Å²) < 4.78 is 39.0. The van der Waals surface area contributed by atoms with Crippen molar-refractivity contribution in [2.75, 3.05) is 0 Å². The topological polar surface area (TPSA) is 28.7 Å². The molecule has 0 bridgehead atoms. The van der Waals surface area contributed by atoms with Gasteiger partial charge in [0.15, 0.2) is 17.5 Å². The summed E-state index contributed by atoms with van der Waals surface area (Å²) in [5, 5.41) is 0. The van der Waals surface area contributed by atoms with Crippen molar-refractivity contribution in [2.45, 2.75) is 0 Å². The molecule has 0 saturated carbocycles. The molecule has 0 fully saturated rings. The van der Waals surface area contributed by atoms with E-state index in [2.05, 4.69) is 9.97 Å². The van der Waals surface area contributed by atoms with E-state index in [0.29, 0.717) is 5.56 Å². The lowest BCUT2D eigenvalue weighted by molar-refractivity contribution is 0.447. The van der Waals surface area contributed by atoms with Gasteiger partial charge in [-0.2, -0.15) is 0 Å². The van der Waals surface area contributed by atoms with Gasteiger partial charge in [-0.3, -0.25) is 0 Å². The van der Waals surface area contributed by atoms with Crippen LogP contribution in [0, 0.1) is 22.1 Å². The lowest BCUT2D eigenvalue weighted by Crippen LogP contribution is -1.93. The predicted octanol–water partition coefficient (Wildman–Crippen LogP) is 3.22. The number of hydrogen-bond donors (Lipinski definition) is 1. The molecule has 0 spiro atoms. The van der Waals surface area contributed by atoms with Crippen LogP contribution in [0.2, 0.25) is 0 Å². The van der Waals surface area contributed by atoms with Crippen molar-refractivity contribution in [1.82, 2.24) is 9.97 Å². The largest absolute Gasteiger partial charge is 0.337 e. The molecular formula is C10H5F3N2S. The molecule has 0 amide bonds. The zero-order valence-electron chi connectivity index (χ0n) is 7.80. The molecule has 1 aromatic heterocycles. The van der Waals surface area contributed by atoms with Gasteiger partial charge in [-0.1, -0.05) is 12.2 Å². The highest BCUT2D eigenvalue weighted by Crippen LogP contribution is 2.23. The van der Waals surface area contributed by atoms with Gasteiger partial charge in [0.1, 0.15) is 4.64 Å². The average molecular weight is 242 g/mol. The summed E-state index contributed by atoms with van der Waals surface area (Å²) in [6.07, 6.45) is 2.70. The van der Waals surface area contributed by atoms with Crippen LogP contribution in [-0.4, -0.2) is 9.97 Å². The third-order valence-electron chi connectivity index (χ3n) is 2.01. The molecule has 0 radical (unpaired) electrons. The van der Waals surface area contributed by atoms with Crippen LogP contribution >= 0.6 is 12.2 Å². The maximum atomic E-state index is 13.0. The van der Waals surface area contributed by atoms with Crippen LogP contribution < -0.4 is 0 Å². The maximum Gasteiger partial charge on any atom is 0.194 e. The molecule has 2 nitrogen and oxygen atoms in total. The minimum atomic E-state index is -1.50. The highest BCUT2D eigenvalue weighted by Gasteiger charge is 2.12. The van der Waals surface area contributed by atoms with Crippen LogP contribution in [0.15, 0.2) is 24.7 Å². The Kier molecular flexibility index (Phi) is 2.74. The minimum Gasteiger partial charge on any atom is -0.337 e. The van der Waals surface area contributed by atoms with Crippen molar-refractivity contribution in [3.63, 3.8) is 0 Å². The first kappa shape index (κ1) is 10.8. The Morgan fingerprint density at radius 3 is 2.31 bits per heavy atom. The molecular weight excluding hydrogens is 237 g/mol. The molecule has 1 heterocycles. The summed E-state index contributed by atoms with van der Waals surface area (Å²) in [6.45, 7) is 0. The molecule has 1 N–H and O–H groups in total. The van der Waals surface area contributed by atoms with Gasteiger partial charge >= 0.3 is 0 Å². The molecule has 16 heavy (non-hydrogen) atoms. The summed E-state index contributed by atoms with van der Waals surface area (Å²) in [6, 6.07) is 1.75. The Balaban J connectivity index is 2.67. The van der Waals surface area contributed by atoms with Gasteiger partial charge in [0.2, 0.25) is 0 Å². The summed E-state index contributed by atoms with van der Waals surface area (Å²) in [5.41, 5.74) is 0.487. The van der Waals surface area contributed by atoms with Crippen molar-refractivity contribution < 1.29 is 13.2 Å². The molecule has 82 valence electrons. The predicted molar refractivity (Wildman–Crippen MR) is 54.7 cm³/mol. The second kappa shape index (κ2) is 4.05. The van der Waals surface area contributed by atoms with Gasteiger partial charge in [-0.15, -0.1) is 0 Å². The van der Waals surface area contributed by atoms with Crippen molar-refractivity contribution in [1.29, 1.82) is 0 Å². The first-order valence-electron chi connectivity index (χ1n) is 4.27. The van der Waals surface area contributed by atoms with Crippen molar-refractivity contribution in [2.24, 2.45) is 0 Å². The molecule has 0 unspecified atom stereocenters. The van der Waals surface area contributed by atoms with E-state index < -0.39 is 17.5 Å². The fraction of sp³-hybridized carbons (Fsp3) is 0. The standard InChI is InChI=1S/C10H5F3N2S/c11-7-1-5(2-8(12)9(7)13)6-3-14-4-15-10(6)16/h1-4H,(H,14,15,16). The van der Waals surface area contributed by atoms with Crippen LogP contribution in [0.4, 0.5) is 13.2 Å². The number of nitrogens with one attached hydrogen (secondary N) is 1. The van der Waals surface area contributed by atoms with Gasteiger partial charge < -0.3 is 4.98 Å². The number of H-pyrrole nitrogens is 1. The van der Waals surface area contributed by atoms with E-state index in [1.807, 2.05) is 0 Å². The van der Waals surface area contributed by atoms with Crippen LogP contribution in [0.5, 0.6) is 0 Å². The third-order valence-corrected chi connectivity index (χ3v) is 2.35. The van der Waals surface area contributed by atoms with E-state index in [1.165, 1.54) is 12.5 Å². The average Bonchev–Trinajstić information content (AvgIpc) is 2.26. The molecule has 2 aromatic rings. The summed E-state index contributed by atoms with van der Waals surface area (Å²) in [4.78, 5) is 6.36. The van der Waals surface area contributed by atoms with Gasteiger partial charge in [-0.05, 0) is 17.7 Å². The molecule has 1 aromatic carbocycles. The molecule has 0 saturated heterocycles. The van der Waals surface area contributed by atoms with Crippen molar-refractivity contribution in [3.8, 4) is 11.1 Å². The van der Waals surface area contributed by atoms with E-state index >= 15 is 0 Å². The number of aromatic amines is 1. The number of nitrogens with zero attached hydrogens (tertiary/aromatic N) is 1. The minimum absolute atomic E-state index is 0.144. The number of hydrogen-bond acceptors (Lipinski definition) is 2. The Labute approximate surface area is 93.8 Å². The quantitative estimate of drug-likeness (QED) is 0.614. The number of benzene rings is 1. The normalized spacial score (nSPS) is 10.4. The van der Waals surface area contributed by atoms with E-state index in [4.69, 9.17) is 12.2 Å². The SMILES string of the molecule is Fc1cc(-c2cnc[nH]c2=S)cc(F)c1F. The molecule has 0 aliphatic rings. The van der Waals surface area contributed by atoms with Gasteiger partial charge in [0.25, 0.3) is 0 Å². The van der Waals surface area contributed by atoms with Gasteiger partial charge in [0, 0.05) is 11.8 Å². The van der Waals surface area contributed by atoms with Crippen LogP contribution in [0.1, 0.15) is 0 Å². The molecule has 0 aliphatic heterocycles. The highest BCUT2D eigenvalue weighted by atomic mass is 32.1. The molecule has 0 atom stereocenters. The van der Waals surface area contributed by atoms with Crippen LogP contribution in [-0.2, 0) is 0 Å². The van der Waals surface area contributed by atoms with Gasteiger partial charge in [-0.25, -0.2) is 18.2 Å². The van der Waals surface area contributed by atoms with Crippen molar-refractivity contribution in [3.05, 3.63) is 46.7 Å². The Hall–Kier alpha value is -1.69. The first-order valence-corrected chi connectivity index (χ1v) is 4.68. The Morgan fingerprint density at radius 1 is 1.12 bits per heavy atom. The van der Waals surface area contributed by atoms with E-state index in [9.17, 15) is 13.2 Å². The monoisotopic (exact) mass is 242 g/mol. The van der Waals surface area contributed by atoms with E-state index in [1.54, 1.807) is 0 Å². The number of rotatable bonds is 1. The highest BCUT2D eigenvalue weighted by molar-refractivity contribution is 7.71. The van der Waals surface area contributed by atoms with Crippen molar-refractivity contribution >= 4 is 12.2 Å². The molecule has 0 aliphatic carbocycles. The second-order valence-electron chi connectivity index (χ2n) is 3.05. The van der Waals surface area contributed by atoms with Gasteiger partial charge in [0.05, 0.1) is 6.33 Å². The maximum absolute atomic E-state index is 13.0. The summed E-state index contributed by atoms with van der Waals surface area (Å²) >= 11 is 4.92. The fourth-order valence-electron chi connectivity index (χ4n) is 1.26. The molecule has 6 heteroatoms. The molecule has 2 rings (SSSR count). The zero-order valence-corrected chi connectivity index (χ0v) is 8.62. The second-order valence-corrected chi connectivity index (χ2v) is 3.46. The van der Waals surface area contributed by atoms with E-state index in [-0.39, 0.29) is 10.2 Å². The van der Waals surface area contributed by atoms with E-state index in [0.717, 1.165) is 12.1 Å². The smallest absolute Gasteiger partial charge is 0.194 e. The Bertz CT molecular complexity index is 572. The lowest BCUT2D eigenvalue weighted by atomic mass is 10.1.